The van der Waals surface area contributed by atoms with E-state index < -0.39 is 27.4 Å². The van der Waals surface area contributed by atoms with Crippen molar-refractivity contribution >= 4 is 21.7 Å². The normalized spacial score (nSPS) is 25.7. The Morgan fingerprint density at radius 1 is 1.23 bits per heavy atom. The Morgan fingerprint density at radius 3 is 2.50 bits per heavy atom. The second-order valence-corrected chi connectivity index (χ2v) is 8.85. The van der Waals surface area contributed by atoms with Gasteiger partial charge in [0.05, 0.1) is 10.4 Å². The predicted octanol–water partition coefficient (Wildman–Crippen LogP) is 3.16. The zero-order valence-electron chi connectivity index (χ0n) is 15.1. The number of carbonyl (C=O) groups excluding carboxylic acids is 2. The molecular formula is C20H23NO4S. The number of ketones is 1. The first-order valence-corrected chi connectivity index (χ1v) is 10.3. The summed E-state index contributed by atoms with van der Waals surface area (Å²) in [6.45, 7) is 7.71. The summed E-state index contributed by atoms with van der Waals surface area (Å²) in [5.41, 5.74) is 0.0965. The van der Waals surface area contributed by atoms with Crippen LogP contribution in [0, 0.1) is 12.8 Å². The Kier molecular flexibility index (Phi) is 4.65. The number of carbonyl (C=O) groups is 2. The number of allylic oxidation sites excluding steroid dienone is 1. The fourth-order valence-electron chi connectivity index (χ4n) is 3.87. The topological polar surface area (TPSA) is 71.5 Å². The van der Waals surface area contributed by atoms with Crippen LogP contribution in [0.3, 0.4) is 0 Å². The lowest BCUT2D eigenvalue weighted by atomic mass is 9.73. The lowest BCUT2D eigenvalue weighted by Gasteiger charge is -2.40. The van der Waals surface area contributed by atoms with Gasteiger partial charge < -0.3 is 0 Å². The minimum Gasteiger partial charge on any atom is -0.295 e. The van der Waals surface area contributed by atoms with Crippen molar-refractivity contribution in [2.75, 3.05) is 0 Å². The van der Waals surface area contributed by atoms with Crippen molar-refractivity contribution in [2.45, 2.75) is 50.0 Å². The van der Waals surface area contributed by atoms with Crippen molar-refractivity contribution in [3.05, 3.63) is 54.1 Å². The third kappa shape index (κ3) is 2.72. The average molecular weight is 373 g/mol. The Hall–Kier alpha value is -2.21. The molecule has 0 bridgehead atoms. The van der Waals surface area contributed by atoms with E-state index in [1.165, 1.54) is 18.2 Å². The first kappa shape index (κ1) is 18.6. The van der Waals surface area contributed by atoms with Crippen LogP contribution in [0.1, 0.15) is 38.2 Å². The van der Waals surface area contributed by atoms with Crippen molar-refractivity contribution in [2.24, 2.45) is 5.92 Å². The van der Waals surface area contributed by atoms with Gasteiger partial charge in [-0.2, -0.15) is 0 Å². The number of nitrogens with zero attached hydrogens (tertiary/aromatic N) is 1. The SMILES string of the molecule is C=C1C(=O)N(S(=O)(=O)c2ccc(C)cc2)[C@]2(CCCC)C=CC(=O)CC12. The molecule has 0 saturated carbocycles. The number of amides is 1. The molecule has 26 heavy (non-hydrogen) atoms. The molecule has 1 aromatic carbocycles. The number of benzene rings is 1. The zero-order chi connectivity index (χ0) is 19.1. The van der Waals surface area contributed by atoms with Crippen LogP contribution >= 0.6 is 0 Å². The van der Waals surface area contributed by atoms with Crippen molar-refractivity contribution in [3.63, 3.8) is 0 Å². The van der Waals surface area contributed by atoms with Crippen LogP contribution in [-0.2, 0) is 19.6 Å². The van der Waals surface area contributed by atoms with Gasteiger partial charge in [0, 0.05) is 17.9 Å². The summed E-state index contributed by atoms with van der Waals surface area (Å²) in [6, 6.07) is 6.44. The van der Waals surface area contributed by atoms with E-state index in [0.29, 0.717) is 6.42 Å². The Labute approximate surface area is 154 Å². The van der Waals surface area contributed by atoms with Gasteiger partial charge in [-0.3, -0.25) is 9.59 Å². The lowest BCUT2D eigenvalue weighted by molar-refractivity contribution is -0.123. The molecule has 6 heteroatoms. The average Bonchev–Trinajstić information content (AvgIpc) is 2.82. The Morgan fingerprint density at radius 2 is 1.88 bits per heavy atom. The van der Waals surface area contributed by atoms with Gasteiger partial charge in [0.1, 0.15) is 0 Å². The van der Waals surface area contributed by atoms with Gasteiger partial charge in [0.15, 0.2) is 5.78 Å². The Balaban J connectivity index is 2.18. The smallest absolute Gasteiger partial charge is 0.267 e. The molecule has 1 fully saturated rings. The number of rotatable bonds is 5. The Bertz CT molecular complexity index is 898. The van der Waals surface area contributed by atoms with Gasteiger partial charge in [-0.05, 0) is 31.6 Å². The van der Waals surface area contributed by atoms with Gasteiger partial charge in [-0.15, -0.1) is 0 Å². The second kappa shape index (κ2) is 6.50. The van der Waals surface area contributed by atoms with E-state index in [2.05, 4.69) is 6.58 Å². The summed E-state index contributed by atoms with van der Waals surface area (Å²) >= 11 is 0. The predicted molar refractivity (Wildman–Crippen MR) is 98.9 cm³/mol. The minimum absolute atomic E-state index is 0.0751. The van der Waals surface area contributed by atoms with E-state index in [9.17, 15) is 18.0 Å². The molecule has 0 N–H and O–H groups in total. The van der Waals surface area contributed by atoms with E-state index in [-0.39, 0.29) is 22.7 Å². The van der Waals surface area contributed by atoms with Crippen LogP contribution in [0.4, 0.5) is 0 Å². The number of hydrogen-bond acceptors (Lipinski definition) is 4. The largest absolute Gasteiger partial charge is 0.295 e. The highest BCUT2D eigenvalue weighted by atomic mass is 32.2. The third-order valence-corrected chi connectivity index (χ3v) is 7.17. The maximum Gasteiger partial charge on any atom is 0.267 e. The van der Waals surface area contributed by atoms with E-state index in [4.69, 9.17) is 0 Å². The number of sulfonamides is 1. The van der Waals surface area contributed by atoms with Crippen molar-refractivity contribution in [1.82, 2.24) is 4.31 Å². The van der Waals surface area contributed by atoms with Gasteiger partial charge >= 0.3 is 0 Å². The van der Waals surface area contributed by atoms with Gasteiger partial charge in [0.2, 0.25) is 0 Å². The molecule has 2 aliphatic rings. The van der Waals surface area contributed by atoms with Gasteiger partial charge in [0.25, 0.3) is 15.9 Å². The van der Waals surface area contributed by atoms with E-state index >= 15 is 0 Å². The van der Waals surface area contributed by atoms with Gasteiger partial charge in [-0.25, -0.2) is 12.7 Å². The first-order valence-electron chi connectivity index (χ1n) is 8.81. The zero-order valence-corrected chi connectivity index (χ0v) is 15.9. The van der Waals surface area contributed by atoms with Crippen LogP contribution in [0.5, 0.6) is 0 Å². The van der Waals surface area contributed by atoms with Gasteiger partial charge in [-0.1, -0.05) is 50.1 Å². The molecule has 3 rings (SSSR count). The summed E-state index contributed by atoms with van der Waals surface area (Å²) in [4.78, 5) is 24.9. The van der Waals surface area contributed by atoms with Crippen LogP contribution in [0.25, 0.3) is 0 Å². The molecule has 0 radical (unpaired) electrons. The lowest BCUT2D eigenvalue weighted by Crippen LogP contribution is -2.52. The maximum atomic E-state index is 13.4. The summed E-state index contributed by atoms with van der Waals surface area (Å²) in [5.74, 6) is -1.21. The fourth-order valence-corrected chi connectivity index (χ4v) is 5.62. The summed E-state index contributed by atoms with van der Waals surface area (Å²) in [5, 5.41) is 0. The highest BCUT2D eigenvalue weighted by Gasteiger charge is 2.59. The molecule has 2 atom stereocenters. The van der Waals surface area contributed by atoms with Crippen LogP contribution in [0.2, 0.25) is 0 Å². The fraction of sp³-hybridized carbons (Fsp3) is 0.400. The number of unbranched alkanes of at least 4 members (excludes halogenated alkanes) is 1. The van der Waals surface area contributed by atoms with Crippen LogP contribution < -0.4 is 0 Å². The number of fused-ring (bicyclic) bond motifs is 1. The molecular weight excluding hydrogens is 350 g/mol. The van der Waals surface area contributed by atoms with Crippen LogP contribution in [0.15, 0.2) is 53.5 Å². The number of aryl methyl sites for hydroxylation is 1. The van der Waals surface area contributed by atoms with E-state index in [1.54, 1.807) is 18.2 Å². The summed E-state index contributed by atoms with van der Waals surface area (Å²) in [7, 11) is -4.05. The minimum atomic E-state index is -4.05. The summed E-state index contributed by atoms with van der Waals surface area (Å²) in [6.07, 6.45) is 5.22. The van der Waals surface area contributed by atoms with Crippen molar-refractivity contribution in [3.8, 4) is 0 Å². The monoisotopic (exact) mass is 373 g/mol. The molecule has 1 unspecified atom stereocenters. The highest BCUT2D eigenvalue weighted by molar-refractivity contribution is 7.89. The quantitative estimate of drug-likeness (QED) is 0.743. The maximum absolute atomic E-state index is 13.4. The molecule has 138 valence electrons. The molecule has 0 spiro atoms. The van der Waals surface area contributed by atoms with E-state index in [0.717, 1.165) is 22.7 Å². The first-order chi connectivity index (χ1) is 12.2. The third-order valence-electron chi connectivity index (χ3n) is 5.31. The van der Waals surface area contributed by atoms with Crippen molar-refractivity contribution < 1.29 is 18.0 Å². The highest BCUT2D eigenvalue weighted by Crippen LogP contribution is 2.49. The molecule has 1 amide bonds. The number of hydrogen-bond donors (Lipinski definition) is 0. The second-order valence-electron chi connectivity index (χ2n) is 7.06. The molecule has 1 saturated heterocycles. The van der Waals surface area contributed by atoms with E-state index in [1.807, 2.05) is 13.8 Å². The molecule has 1 aliphatic carbocycles. The molecule has 1 heterocycles. The standard InChI is InChI=1S/C20H23NO4S/c1-4-5-11-20-12-10-16(22)13-18(20)15(3)19(23)21(20)26(24,25)17-8-6-14(2)7-9-17/h6-10,12,18H,3-5,11,13H2,1-2H3/t18?,20-/m1/s1. The summed E-state index contributed by atoms with van der Waals surface area (Å²) < 4.78 is 27.7. The molecule has 5 nitrogen and oxygen atoms in total. The van der Waals surface area contributed by atoms with Crippen LogP contribution in [-0.4, -0.2) is 30.0 Å². The molecule has 1 aromatic rings. The van der Waals surface area contributed by atoms with Crippen molar-refractivity contribution in [1.29, 1.82) is 0 Å². The molecule has 0 aromatic heterocycles. The molecule has 1 aliphatic heterocycles.